The van der Waals surface area contributed by atoms with Crippen molar-refractivity contribution in [2.75, 3.05) is 39.8 Å². The van der Waals surface area contributed by atoms with Crippen LogP contribution >= 0.6 is 24.0 Å². The highest BCUT2D eigenvalue weighted by molar-refractivity contribution is 14.0. The molecule has 0 spiro atoms. The standard InChI is InChI=1S/C13H28N4.HI/c1-3-4-8-15-13(14-2)16-9-12-17-10-6-5-7-11-17;/h3-12H2,1-2H3,(H2,14,15,16);1H. The number of halogens is 1. The number of guanidine groups is 1. The Balaban J connectivity index is 0.00000289. The summed E-state index contributed by atoms with van der Waals surface area (Å²) >= 11 is 0. The highest BCUT2D eigenvalue weighted by atomic mass is 127. The van der Waals surface area contributed by atoms with Crippen LogP contribution in [-0.4, -0.2) is 50.6 Å². The maximum atomic E-state index is 4.22. The fraction of sp³-hybridized carbons (Fsp3) is 0.923. The van der Waals surface area contributed by atoms with E-state index in [-0.39, 0.29) is 24.0 Å². The lowest BCUT2D eigenvalue weighted by atomic mass is 10.1. The molecule has 108 valence electrons. The van der Waals surface area contributed by atoms with Crippen molar-refractivity contribution in [3.05, 3.63) is 0 Å². The maximum Gasteiger partial charge on any atom is 0.191 e. The molecule has 4 nitrogen and oxygen atoms in total. The van der Waals surface area contributed by atoms with Gasteiger partial charge in [0.1, 0.15) is 0 Å². The van der Waals surface area contributed by atoms with Crippen molar-refractivity contribution in [3.8, 4) is 0 Å². The number of hydrogen-bond acceptors (Lipinski definition) is 2. The number of hydrogen-bond donors (Lipinski definition) is 2. The number of rotatable bonds is 6. The summed E-state index contributed by atoms with van der Waals surface area (Å²) in [6.45, 7) is 7.88. The highest BCUT2D eigenvalue weighted by Crippen LogP contribution is 2.07. The summed E-state index contributed by atoms with van der Waals surface area (Å²) in [4.78, 5) is 6.76. The Labute approximate surface area is 129 Å². The third kappa shape index (κ3) is 8.13. The van der Waals surface area contributed by atoms with E-state index in [1.807, 2.05) is 7.05 Å². The van der Waals surface area contributed by atoms with Crippen LogP contribution in [0.1, 0.15) is 39.0 Å². The molecule has 0 aromatic heterocycles. The van der Waals surface area contributed by atoms with E-state index in [1.54, 1.807) is 0 Å². The van der Waals surface area contributed by atoms with Crippen LogP contribution in [0, 0.1) is 0 Å². The Hall–Kier alpha value is -0.0400. The largest absolute Gasteiger partial charge is 0.356 e. The van der Waals surface area contributed by atoms with Gasteiger partial charge >= 0.3 is 0 Å². The van der Waals surface area contributed by atoms with Crippen LogP contribution in [0.3, 0.4) is 0 Å². The SMILES string of the molecule is CCCCNC(=NC)NCCN1CCCCC1.I. The number of piperidine rings is 1. The number of nitrogens with one attached hydrogen (secondary N) is 2. The van der Waals surface area contributed by atoms with Gasteiger partial charge in [-0.1, -0.05) is 19.8 Å². The molecule has 2 N–H and O–H groups in total. The van der Waals surface area contributed by atoms with Crippen molar-refractivity contribution in [2.45, 2.75) is 39.0 Å². The van der Waals surface area contributed by atoms with Gasteiger partial charge in [0.25, 0.3) is 0 Å². The molecule has 0 aliphatic carbocycles. The first kappa shape index (κ1) is 18.0. The second-order valence-electron chi connectivity index (χ2n) is 4.68. The summed E-state index contributed by atoms with van der Waals surface area (Å²) in [6.07, 6.45) is 6.56. The van der Waals surface area contributed by atoms with E-state index in [4.69, 9.17) is 0 Å². The fourth-order valence-electron chi connectivity index (χ4n) is 2.12. The monoisotopic (exact) mass is 368 g/mol. The molecule has 1 fully saturated rings. The number of aliphatic imine (C=N–C) groups is 1. The first-order chi connectivity index (χ1) is 8.36. The fourth-order valence-corrected chi connectivity index (χ4v) is 2.12. The van der Waals surface area contributed by atoms with Gasteiger partial charge in [0.2, 0.25) is 0 Å². The Bertz CT molecular complexity index is 215. The average Bonchev–Trinajstić information content (AvgIpc) is 2.38. The molecule has 1 aliphatic rings. The zero-order valence-electron chi connectivity index (χ0n) is 11.9. The molecule has 1 rings (SSSR count). The summed E-state index contributed by atoms with van der Waals surface area (Å²) in [6, 6.07) is 0. The van der Waals surface area contributed by atoms with Crippen molar-refractivity contribution in [3.63, 3.8) is 0 Å². The molecule has 0 amide bonds. The smallest absolute Gasteiger partial charge is 0.191 e. The van der Waals surface area contributed by atoms with Crippen LogP contribution in [0.5, 0.6) is 0 Å². The normalized spacial score (nSPS) is 17.1. The molecule has 0 aromatic carbocycles. The Kier molecular flexibility index (Phi) is 12.0. The minimum atomic E-state index is 0. The van der Waals surface area contributed by atoms with Gasteiger partial charge in [-0.15, -0.1) is 24.0 Å². The number of unbranched alkanes of at least 4 members (excludes halogenated alkanes) is 1. The third-order valence-electron chi connectivity index (χ3n) is 3.22. The predicted molar refractivity (Wildman–Crippen MR) is 90.0 cm³/mol. The lowest BCUT2D eigenvalue weighted by molar-refractivity contribution is 0.232. The Morgan fingerprint density at radius 2 is 1.78 bits per heavy atom. The lowest BCUT2D eigenvalue weighted by Gasteiger charge is -2.26. The summed E-state index contributed by atoms with van der Waals surface area (Å²) in [5, 5.41) is 6.70. The van der Waals surface area contributed by atoms with Crippen LogP contribution < -0.4 is 10.6 Å². The van der Waals surface area contributed by atoms with Crippen LogP contribution in [0.25, 0.3) is 0 Å². The minimum absolute atomic E-state index is 0. The van der Waals surface area contributed by atoms with Crippen LogP contribution in [-0.2, 0) is 0 Å². The summed E-state index contributed by atoms with van der Waals surface area (Å²) in [5.74, 6) is 0.940. The van der Waals surface area contributed by atoms with Crippen molar-refractivity contribution in [1.29, 1.82) is 0 Å². The zero-order chi connectivity index (χ0) is 12.3. The van der Waals surface area contributed by atoms with E-state index in [2.05, 4.69) is 27.4 Å². The summed E-state index contributed by atoms with van der Waals surface area (Å²) < 4.78 is 0. The van der Waals surface area contributed by atoms with Gasteiger partial charge in [-0.05, 0) is 32.4 Å². The van der Waals surface area contributed by atoms with Gasteiger partial charge in [-0.2, -0.15) is 0 Å². The van der Waals surface area contributed by atoms with E-state index in [0.29, 0.717) is 0 Å². The van der Waals surface area contributed by atoms with E-state index in [9.17, 15) is 0 Å². The quantitative estimate of drug-likeness (QED) is 0.326. The van der Waals surface area contributed by atoms with Crippen molar-refractivity contribution >= 4 is 29.9 Å². The van der Waals surface area contributed by atoms with Crippen molar-refractivity contribution in [1.82, 2.24) is 15.5 Å². The molecule has 0 atom stereocenters. The first-order valence-electron chi connectivity index (χ1n) is 7.03. The van der Waals surface area contributed by atoms with Crippen LogP contribution in [0.15, 0.2) is 4.99 Å². The predicted octanol–water partition coefficient (Wildman–Crippen LogP) is 2.06. The highest BCUT2D eigenvalue weighted by Gasteiger charge is 2.09. The molecule has 1 heterocycles. The summed E-state index contributed by atoms with van der Waals surface area (Å²) in [5.41, 5.74) is 0. The van der Waals surface area contributed by atoms with E-state index >= 15 is 0 Å². The zero-order valence-corrected chi connectivity index (χ0v) is 14.2. The average molecular weight is 368 g/mol. The Morgan fingerprint density at radius 3 is 2.39 bits per heavy atom. The van der Waals surface area contributed by atoms with E-state index in [0.717, 1.165) is 25.6 Å². The van der Waals surface area contributed by atoms with Gasteiger partial charge in [-0.3, -0.25) is 4.99 Å². The minimum Gasteiger partial charge on any atom is -0.356 e. The molecule has 0 radical (unpaired) electrons. The second-order valence-corrected chi connectivity index (χ2v) is 4.68. The molecular weight excluding hydrogens is 339 g/mol. The lowest BCUT2D eigenvalue weighted by Crippen LogP contribution is -2.42. The molecule has 0 bridgehead atoms. The summed E-state index contributed by atoms with van der Waals surface area (Å²) in [7, 11) is 1.84. The van der Waals surface area contributed by atoms with E-state index in [1.165, 1.54) is 45.2 Å². The molecule has 1 saturated heterocycles. The third-order valence-corrected chi connectivity index (χ3v) is 3.22. The molecular formula is C13H29IN4. The van der Waals surface area contributed by atoms with Gasteiger partial charge in [0.05, 0.1) is 0 Å². The first-order valence-corrected chi connectivity index (χ1v) is 7.03. The van der Waals surface area contributed by atoms with Crippen molar-refractivity contribution in [2.24, 2.45) is 4.99 Å². The molecule has 18 heavy (non-hydrogen) atoms. The molecule has 0 aromatic rings. The number of nitrogens with zero attached hydrogens (tertiary/aromatic N) is 2. The molecule has 1 aliphatic heterocycles. The van der Waals surface area contributed by atoms with Gasteiger partial charge in [-0.25, -0.2) is 0 Å². The Morgan fingerprint density at radius 1 is 1.11 bits per heavy atom. The van der Waals surface area contributed by atoms with Gasteiger partial charge in [0.15, 0.2) is 5.96 Å². The van der Waals surface area contributed by atoms with E-state index < -0.39 is 0 Å². The molecule has 5 heteroatoms. The molecule has 0 unspecified atom stereocenters. The molecule has 0 saturated carbocycles. The van der Waals surface area contributed by atoms with Gasteiger partial charge < -0.3 is 15.5 Å². The topological polar surface area (TPSA) is 39.7 Å². The van der Waals surface area contributed by atoms with Crippen LogP contribution in [0.2, 0.25) is 0 Å². The maximum absolute atomic E-state index is 4.22. The van der Waals surface area contributed by atoms with Crippen LogP contribution in [0.4, 0.5) is 0 Å². The van der Waals surface area contributed by atoms with Gasteiger partial charge in [0, 0.05) is 26.7 Å². The number of likely N-dealkylation sites (tertiary alicyclic amines) is 1. The van der Waals surface area contributed by atoms with Crippen molar-refractivity contribution < 1.29 is 0 Å². The second kappa shape index (κ2) is 12.0.